The van der Waals surface area contributed by atoms with Gasteiger partial charge in [0.15, 0.2) is 0 Å². The maximum Gasteiger partial charge on any atom is 0.326 e. The number of aliphatic carboxylic acids is 1. The first-order chi connectivity index (χ1) is 13.8. The fourth-order valence-electron chi connectivity index (χ4n) is 2.85. The second-order valence-electron chi connectivity index (χ2n) is 6.50. The van der Waals surface area contributed by atoms with Crippen LogP contribution in [0.3, 0.4) is 0 Å². The number of hydrogen-bond acceptors (Lipinski definition) is 4. The number of nitrogens with one attached hydrogen (secondary N) is 2. The lowest BCUT2D eigenvalue weighted by Crippen LogP contribution is -2.52. The van der Waals surface area contributed by atoms with E-state index in [-0.39, 0.29) is 18.4 Å². The van der Waals surface area contributed by atoms with Crippen LogP contribution in [0.15, 0.2) is 48.5 Å². The number of rotatable bonds is 9. The lowest BCUT2D eigenvalue weighted by atomic mass is 10.0. The fraction of sp³-hybridized carbons (Fsp3) is 0.286. The van der Waals surface area contributed by atoms with Crippen molar-refractivity contribution in [3.63, 3.8) is 0 Å². The summed E-state index contributed by atoms with van der Waals surface area (Å²) in [6, 6.07) is 10.4. The number of amides is 2. The molecule has 0 radical (unpaired) electrons. The van der Waals surface area contributed by atoms with E-state index in [9.17, 15) is 23.9 Å². The molecule has 7 nitrogen and oxygen atoms in total. The summed E-state index contributed by atoms with van der Waals surface area (Å²) in [4.78, 5) is 35.8. The normalized spacial score (nSPS) is 12.5. The average molecular weight is 402 g/mol. The van der Waals surface area contributed by atoms with Crippen molar-refractivity contribution in [3.8, 4) is 5.75 Å². The smallest absolute Gasteiger partial charge is 0.326 e. The zero-order valence-corrected chi connectivity index (χ0v) is 16.1. The predicted octanol–water partition coefficient (Wildman–Crippen LogP) is 1.69. The highest BCUT2D eigenvalue weighted by molar-refractivity contribution is 5.90. The number of carbonyl (C=O) groups excluding carboxylic acids is 2. The second kappa shape index (κ2) is 10.2. The molecular weight excluding hydrogens is 379 g/mol. The van der Waals surface area contributed by atoms with Crippen LogP contribution in [0.4, 0.5) is 4.39 Å². The van der Waals surface area contributed by atoms with Gasteiger partial charge in [-0.25, -0.2) is 9.18 Å². The van der Waals surface area contributed by atoms with Gasteiger partial charge in [0, 0.05) is 19.8 Å². The zero-order valence-electron chi connectivity index (χ0n) is 16.1. The van der Waals surface area contributed by atoms with Gasteiger partial charge < -0.3 is 20.5 Å². The van der Waals surface area contributed by atoms with Crippen LogP contribution in [0, 0.1) is 5.82 Å². The Morgan fingerprint density at radius 2 is 1.76 bits per heavy atom. The number of methoxy groups -OCH3 is 1. The number of carbonyl (C=O) groups is 3. The van der Waals surface area contributed by atoms with Crippen LogP contribution < -0.4 is 15.4 Å². The molecule has 0 aliphatic heterocycles. The van der Waals surface area contributed by atoms with Gasteiger partial charge in [-0.15, -0.1) is 0 Å². The summed E-state index contributed by atoms with van der Waals surface area (Å²) in [6.45, 7) is 1.23. The van der Waals surface area contributed by atoms with Crippen LogP contribution >= 0.6 is 0 Å². The van der Waals surface area contributed by atoms with Crippen molar-refractivity contribution in [1.29, 1.82) is 0 Å². The Labute approximate surface area is 167 Å². The molecule has 2 aromatic rings. The van der Waals surface area contributed by atoms with Gasteiger partial charge in [-0.05, 0) is 29.3 Å². The molecule has 0 aromatic heterocycles. The van der Waals surface area contributed by atoms with Crippen molar-refractivity contribution in [2.24, 2.45) is 0 Å². The Balaban J connectivity index is 2.16. The number of carboxylic acids is 1. The molecule has 2 amide bonds. The number of benzene rings is 2. The van der Waals surface area contributed by atoms with Gasteiger partial charge in [0.2, 0.25) is 11.8 Å². The number of hydrogen-bond donors (Lipinski definition) is 3. The van der Waals surface area contributed by atoms with Gasteiger partial charge in [-0.3, -0.25) is 9.59 Å². The molecule has 2 atom stereocenters. The maximum atomic E-state index is 14.0. The number of carboxylic acid groups (broad SMARTS) is 1. The molecule has 8 heteroatoms. The molecule has 0 saturated heterocycles. The summed E-state index contributed by atoms with van der Waals surface area (Å²) >= 11 is 0. The average Bonchev–Trinajstić information content (AvgIpc) is 2.68. The summed E-state index contributed by atoms with van der Waals surface area (Å²) in [5.41, 5.74) is 0.892. The van der Waals surface area contributed by atoms with E-state index in [1.807, 2.05) is 0 Å². The Bertz CT molecular complexity index is 887. The van der Waals surface area contributed by atoms with Crippen molar-refractivity contribution < 1.29 is 28.6 Å². The SMILES string of the molecule is COc1cccc(C[C@@H](NC(=O)[C@H](Cc2ccccc2F)NC(C)=O)C(=O)O)c1. The first kappa shape index (κ1) is 21.9. The molecule has 3 N–H and O–H groups in total. The van der Waals surface area contributed by atoms with E-state index in [1.54, 1.807) is 30.3 Å². The van der Waals surface area contributed by atoms with Crippen molar-refractivity contribution in [3.05, 3.63) is 65.5 Å². The maximum absolute atomic E-state index is 14.0. The minimum absolute atomic E-state index is 0.0186. The molecule has 2 aromatic carbocycles. The molecule has 0 spiro atoms. The lowest BCUT2D eigenvalue weighted by Gasteiger charge is -2.21. The van der Waals surface area contributed by atoms with Crippen LogP contribution in [0.1, 0.15) is 18.1 Å². The van der Waals surface area contributed by atoms with Crippen LogP contribution in [0.25, 0.3) is 0 Å². The summed E-state index contributed by atoms with van der Waals surface area (Å²) < 4.78 is 19.1. The van der Waals surface area contributed by atoms with E-state index < -0.39 is 35.7 Å². The molecule has 2 rings (SSSR count). The largest absolute Gasteiger partial charge is 0.497 e. The monoisotopic (exact) mass is 402 g/mol. The van der Waals surface area contributed by atoms with E-state index in [0.717, 1.165) is 0 Å². The third kappa shape index (κ3) is 6.60. The minimum Gasteiger partial charge on any atom is -0.497 e. The highest BCUT2D eigenvalue weighted by Crippen LogP contribution is 2.15. The minimum atomic E-state index is -1.23. The van der Waals surface area contributed by atoms with Crippen molar-refractivity contribution in [2.45, 2.75) is 31.8 Å². The topological polar surface area (TPSA) is 105 Å². The summed E-state index contributed by atoms with van der Waals surface area (Å²) in [5.74, 6) is -2.37. The van der Waals surface area contributed by atoms with E-state index in [4.69, 9.17) is 4.74 Å². The molecule has 29 heavy (non-hydrogen) atoms. The van der Waals surface area contributed by atoms with E-state index in [2.05, 4.69) is 10.6 Å². The summed E-state index contributed by atoms with van der Waals surface area (Å²) in [7, 11) is 1.50. The quantitative estimate of drug-likeness (QED) is 0.592. The van der Waals surface area contributed by atoms with Crippen LogP contribution in [-0.4, -0.2) is 42.1 Å². The molecule has 0 aliphatic rings. The molecular formula is C21H23FN2O5. The third-order valence-electron chi connectivity index (χ3n) is 4.26. The highest BCUT2D eigenvalue weighted by atomic mass is 19.1. The van der Waals surface area contributed by atoms with Crippen molar-refractivity contribution in [1.82, 2.24) is 10.6 Å². The predicted molar refractivity (Wildman–Crippen MR) is 104 cm³/mol. The van der Waals surface area contributed by atoms with Gasteiger partial charge in [0.05, 0.1) is 7.11 Å². The van der Waals surface area contributed by atoms with Crippen LogP contribution in [0.2, 0.25) is 0 Å². The summed E-state index contributed by atoms with van der Waals surface area (Å²) in [6.07, 6.45) is -0.0889. The van der Waals surface area contributed by atoms with Gasteiger partial charge in [-0.2, -0.15) is 0 Å². The number of ether oxygens (including phenoxy) is 1. The Morgan fingerprint density at radius 1 is 1.03 bits per heavy atom. The van der Waals surface area contributed by atoms with E-state index >= 15 is 0 Å². The lowest BCUT2D eigenvalue weighted by molar-refractivity contribution is -0.142. The fourth-order valence-corrected chi connectivity index (χ4v) is 2.85. The molecule has 0 unspecified atom stereocenters. The van der Waals surface area contributed by atoms with Gasteiger partial charge in [0.25, 0.3) is 0 Å². The van der Waals surface area contributed by atoms with E-state index in [0.29, 0.717) is 11.3 Å². The first-order valence-electron chi connectivity index (χ1n) is 8.96. The standard InChI is InChI=1S/C21H23FN2O5/c1-13(25)23-18(12-15-7-3-4-9-17(15)22)20(26)24-19(21(27)28)11-14-6-5-8-16(10-14)29-2/h3-10,18-19H,11-12H2,1-2H3,(H,23,25)(H,24,26)(H,27,28)/t18-,19+/m0/s1. The Hall–Kier alpha value is -3.42. The molecule has 0 aliphatic carbocycles. The zero-order chi connectivity index (χ0) is 21.4. The third-order valence-corrected chi connectivity index (χ3v) is 4.26. The van der Waals surface area contributed by atoms with Gasteiger partial charge in [0.1, 0.15) is 23.7 Å². The molecule has 154 valence electrons. The first-order valence-corrected chi connectivity index (χ1v) is 8.96. The highest BCUT2D eigenvalue weighted by Gasteiger charge is 2.27. The number of halogens is 1. The van der Waals surface area contributed by atoms with Gasteiger partial charge >= 0.3 is 5.97 Å². The van der Waals surface area contributed by atoms with Crippen molar-refractivity contribution in [2.75, 3.05) is 7.11 Å². The molecule has 0 saturated carbocycles. The Morgan fingerprint density at radius 3 is 2.38 bits per heavy atom. The van der Waals surface area contributed by atoms with Crippen LogP contribution in [-0.2, 0) is 27.2 Å². The summed E-state index contributed by atoms with van der Waals surface area (Å²) in [5, 5.41) is 14.4. The molecule has 0 heterocycles. The van der Waals surface area contributed by atoms with Crippen LogP contribution in [0.5, 0.6) is 5.75 Å². The Kier molecular flexibility index (Phi) is 7.70. The molecule has 0 bridgehead atoms. The molecule has 0 fully saturated rings. The van der Waals surface area contributed by atoms with Crippen molar-refractivity contribution >= 4 is 17.8 Å². The second-order valence-corrected chi connectivity index (χ2v) is 6.50. The van der Waals surface area contributed by atoms with Gasteiger partial charge in [-0.1, -0.05) is 30.3 Å². The van der Waals surface area contributed by atoms with E-state index in [1.165, 1.54) is 32.2 Å².